The molecule has 1 aliphatic heterocycles. The van der Waals surface area contributed by atoms with Gasteiger partial charge in [0, 0.05) is 24.5 Å². The first-order chi connectivity index (χ1) is 17.8. The molecule has 208 valence electrons. The van der Waals surface area contributed by atoms with Crippen molar-refractivity contribution in [1.29, 1.82) is 0 Å². The van der Waals surface area contributed by atoms with E-state index in [1.54, 1.807) is 14.2 Å². The molecule has 0 radical (unpaired) electrons. The second kappa shape index (κ2) is 11.5. The summed E-state index contributed by atoms with van der Waals surface area (Å²) in [5.41, 5.74) is 0.917. The Hall–Kier alpha value is -3.41. The van der Waals surface area contributed by atoms with Crippen LogP contribution in [0.25, 0.3) is 0 Å². The molecular formula is C26H29F5N2O5. The quantitative estimate of drug-likeness (QED) is 0.543. The highest BCUT2D eigenvalue weighted by Gasteiger charge is 2.50. The summed E-state index contributed by atoms with van der Waals surface area (Å²) in [5, 5.41) is 10.1. The van der Waals surface area contributed by atoms with Crippen molar-refractivity contribution in [2.45, 2.75) is 36.9 Å². The first kappa shape index (κ1) is 29.2. The van der Waals surface area contributed by atoms with E-state index < -0.39 is 29.7 Å². The number of carbonyl (C=O) groups is 2. The van der Waals surface area contributed by atoms with Gasteiger partial charge in [0.05, 0.1) is 19.8 Å². The minimum absolute atomic E-state index is 0.0420. The number of likely N-dealkylation sites (N-methyl/N-ethyl adjacent to an activating group) is 1. The van der Waals surface area contributed by atoms with E-state index in [4.69, 9.17) is 19.4 Å². The molecular weight excluding hydrogens is 515 g/mol. The Bertz CT molecular complexity index is 1180. The van der Waals surface area contributed by atoms with Crippen LogP contribution in [0.4, 0.5) is 22.0 Å². The van der Waals surface area contributed by atoms with Crippen LogP contribution < -0.4 is 14.8 Å². The predicted molar refractivity (Wildman–Crippen MR) is 127 cm³/mol. The summed E-state index contributed by atoms with van der Waals surface area (Å²) in [6.45, 7) is 1.83. The van der Waals surface area contributed by atoms with Crippen LogP contribution in [0.5, 0.6) is 11.5 Å². The molecule has 1 amide bonds. The lowest BCUT2D eigenvalue weighted by Crippen LogP contribution is -2.47. The fraction of sp³-hybridized carbons (Fsp3) is 0.462. The van der Waals surface area contributed by atoms with Crippen molar-refractivity contribution in [2.75, 3.05) is 34.4 Å². The lowest BCUT2D eigenvalue weighted by Gasteiger charge is -2.43. The number of likely N-dealkylation sites (tertiary alicyclic amines) is 1. The Morgan fingerprint density at radius 2 is 1.74 bits per heavy atom. The number of ether oxygens (including phenoxy) is 2. The highest BCUT2D eigenvalue weighted by molar-refractivity contribution is 5.94. The van der Waals surface area contributed by atoms with Crippen LogP contribution in [-0.4, -0.2) is 68.5 Å². The number of carboxylic acid groups (broad SMARTS) is 1. The molecule has 2 aromatic rings. The third-order valence-corrected chi connectivity index (χ3v) is 7.08. The molecule has 3 atom stereocenters. The van der Waals surface area contributed by atoms with E-state index in [1.807, 2.05) is 6.07 Å². The lowest BCUT2D eigenvalue weighted by atomic mass is 9.63. The van der Waals surface area contributed by atoms with Crippen LogP contribution in [0.15, 0.2) is 36.4 Å². The smallest absolute Gasteiger partial charge is 0.490 e. The summed E-state index contributed by atoms with van der Waals surface area (Å²) in [7, 11) is 5.36. The van der Waals surface area contributed by atoms with Crippen molar-refractivity contribution in [2.24, 2.45) is 5.92 Å². The van der Waals surface area contributed by atoms with Gasteiger partial charge in [-0.1, -0.05) is 6.07 Å². The predicted octanol–water partition coefficient (Wildman–Crippen LogP) is 4.40. The molecule has 2 fully saturated rings. The fourth-order valence-corrected chi connectivity index (χ4v) is 5.39. The third kappa shape index (κ3) is 6.35. The van der Waals surface area contributed by atoms with Gasteiger partial charge in [-0.3, -0.25) is 4.79 Å². The van der Waals surface area contributed by atoms with Crippen LogP contribution in [0.2, 0.25) is 0 Å². The van der Waals surface area contributed by atoms with Gasteiger partial charge in [-0.05, 0) is 68.1 Å². The number of aliphatic carboxylic acids is 1. The van der Waals surface area contributed by atoms with Gasteiger partial charge < -0.3 is 24.8 Å². The highest BCUT2D eigenvalue weighted by Crippen LogP contribution is 2.49. The standard InChI is InChI=1S/C24H28F2N2O3.C2HF3O2/c1-28-13-16-10-18(27-23(29)19-12-17(25)5-6-20(19)26)8-9-24(16,14-28)15-4-7-21(30-2)22(11-15)31-3;3-2(4,5)1(6)7/h4-7,11-12,16,18H,8-10,13-14H2,1-3H3,(H,27,29);(H,6,7). The van der Waals surface area contributed by atoms with Gasteiger partial charge >= 0.3 is 12.1 Å². The average Bonchev–Trinajstić information content (AvgIpc) is 3.20. The Kier molecular flexibility index (Phi) is 8.86. The Morgan fingerprint density at radius 3 is 2.34 bits per heavy atom. The molecule has 0 spiro atoms. The molecule has 7 nitrogen and oxygen atoms in total. The van der Waals surface area contributed by atoms with E-state index in [0.717, 1.165) is 50.6 Å². The van der Waals surface area contributed by atoms with Crippen molar-refractivity contribution >= 4 is 11.9 Å². The number of hydrogen-bond acceptors (Lipinski definition) is 5. The zero-order valence-electron chi connectivity index (χ0n) is 21.1. The van der Waals surface area contributed by atoms with Crippen molar-refractivity contribution in [3.8, 4) is 11.5 Å². The third-order valence-electron chi connectivity index (χ3n) is 7.08. The van der Waals surface area contributed by atoms with E-state index in [0.29, 0.717) is 17.4 Å². The van der Waals surface area contributed by atoms with Crippen molar-refractivity contribution in [3.05, 3.63) is 59.2 Å². The lowest BCUT2D eigenvalue weighted by molar-refractivity contribution is -0.192. The number of nitrogens with zero attached hydrogens (tertiary/aromatic N) is 1. The number of carboxylic acids is 1. The van der Waals surface area contributed by atoms with Crippen LogP contribution >= 0.6 is 0 Å². The second-order valence-corrected chi connectivity index (χ2v) is 9.49. The maximum atomic E-state index is 14.0. The first-order valence-electron chi connectivity index (χ1n) is 11.8. The number of rotatable bonds is 5. The molecule has 0 aromatic heterocycles. The molecule has 1 saturated heterocycles. The van der Waals surface area contributed by atoms with Crippen LogP contribution in [-0.2, 0) is 10.2 Å². The topological polar surface area (TPSA) is 88.1 Å². The Balaban J connectivity index is 0.000000505. The summed E-state index contributed by atoms with van der Waals surface area (Å²) < 4.78 is 70.1. The largest absolute Gasteiger partial charge is 0.493 e. The summed E-state index contributed by atoms with van der Waals surface area (Å²) in [4.78, 5) is 23.8. The molecule has 2 N–H and O–H groups in total. The zero-order valence-corrected chi connectivity index (χ0v) is 21.1. The molecule has 2 aromatic carbocycles. The zero-order chi connectivity index (χ0) is 28.3. The van der Waals surface area contributed by atoms with Gasteiger partial charge in [0.2, 0.25) is 0 Å². The number of carbonyl (C=O) groups excluding carboxylic acids is 1. The van der Waals surface area contributed by atoms with Gasteiger partial charge in [-0.15, -0.1) is 0 Å². The van der Waals surface area contributed by atoms with Crippen molar-refractivity contribution < 1.29 is 46.1 Å². The highest BCUT2D eigenvalue weighted by atomic mass is 19.4. The van der Waals surface area contributed by atoms with Gasteiger partial charge in [-0.25, -0.2) is 13.6 Å². The number of nitrogens with one attached hydrogen (secondary N) is 1. The Morgan fingerprint density at radius 1 is 1.08 bits per heavy atom. The molecule has 1 aliphatic carbocycles. The molecule has 38 heavy (non-hydrogen) atoms. The SMILES string of the molecule is COc1ccc(C23CCC(NC(=O)c4cc(F)ccc4F)CC2CN(C)C3)cc1OC.O=C(O)C(F)(F)F. The molecule has 4 rings (SSSR count). The summed E-state index contributed by atoms with van der Waals surface area (Å²) in [6, 6.07) is 8.97. The van der Waals surface area contributed by atoms with Crippen molar-refractivity contribution in [3.63, 3.8) is 0 Å². The van der Waals surface area contributed by atoms with Gasteiger partial charge in [-0.2, -0.15) is 13.2 Å². The van der Waals surface area contributed by atoms with E-state index in [9.17, 15) is 26.7 Å². The summed E-state index contributed by atoms with van der Waals surface area (Å²) in [6.07, 6.45) is -2.66. The normalized spacial score (nSPS) is 23.1. The van der Waals surface area contributed by atoms with E-state index in [1.165, 1.54) is 5.56 Å². The second-order valence-electron chi connectivity index (χ2n) is 9.49. The number of fused-ring (bicyclic) bond motifs is 1. The minimum Gasteiger partial charge on any atom is -0.493 e. The number of halogens is 5. The van der Waals surface area contributed by atoms with E-state index in [-0.39, 0.29) is 17.0 Å². The maximum absolute atomic E-state index is 14.0. The van der Waals surface area contributed by atoms with E-state index in [2.05, 4.69) is 29.4 Å². The number of alkyl halides is 3. The number of amides is 1. The van der Waals surface area contributed by atoms with Gasteiger partial charge in [0.15, 0.2) is 11.5 Å². The summed E-state index contributed by atoms with van der Waals surface area (Å²) in [5.74, 6) is -2.93. The van der Waals surface area contributed by atoms with Crippen LogP contribution in [0.1, 0.15) is 35.2 Å². The molecule has 2 aliphatic rings. The van der Waals surface area contributed by atoms with Crippen LogP contribution in [0, 0.1) is 17.6 Å². The molecule has 1 saturated carbocycles. The summed E-state index contributed by atoms with van der Waals surface area (Å²) >= 11 is 0. The average molecular weight is 545 g/mol. The molecule has 0 bridgehead atoms. The minimum atomic E-state index is -5.08. The van der Waals surface area contributed by atoms with Gasteiger partial charge in [0.25, 0.3) is 5.91 Å². The Labute approximate surface area is 216 Å². The molecule has 12 heteroatoms. The fourth-order valence-electron chi connectivity index (χ4n) is 5.39. The molecule has 1 heterocycles. The van der Waals surface area contributed by atoms with Crippen LogP contribution in [0.3, 0.4) is 0 Å². The number of hydrogen-bond donors (Lipinski definition) is 2. The number of benzene rings is 2. The monoisotopic (exact) mass is 544 g/mol. The van der Waals surface area contributed by atoms with Gasteiger partial charge in [0.1, 0.15) is 11.6 Å². The number of methoxy groups -OCH3 is 2. The first-order valence-corrected chi connectivity index (χ1v) is 11.8. The maximum Gasteiger partial charge on any atom is 0.490 e. The molecule has 3 unspecified atom stereocenters. The van der Waals surface area contributed by atoms with E-state index >= 15 is 0 Å². The van der Waals surface area contributed by atoms with Crippen molar-refractivity contribution in [1.82, 2.24) is 10.2 Å².